The molecule has 8 heteroatoms. The molecule has 0 aliphatic carbocycles. The number of hydrogen-bond acceptors (Lipinski definition) is 6. The van der Waals surface area contributed by atoms with Crippen molar-refractivity contribution in [2.45, 2.75) is 18.6 Å². The third-order valence-corrected chi connectivity index (χ3v) is 4.84. The quantitative estimate of drug-likeness (QED) is 0.527. The first kappa shape index (κ1) is 18.7. The summed E-state index contributed by atoms with van der Waals surface area (Å²) < 4.78 is 0. The fourth-order valence-corrected chi connectivity index (χ4v) is 3.34. The van der Waals surface area contributed by atoms with Crippen LogP contribution in [0.15, 0.2) is 59.7 Å². The highest BCUT2D eigenvalue weighted by Crippen LogP contribution is 2.23. The van der Waals surface area contributed by atoms with Gasteiger partial charge in [-0.3, -0.25) is 19.8 Å². The van der Waals surface area contributed by atoms with E-state index in [9.17, 15) is 14.4 Å². The van der Waals surface area contributed by atoms with Gasteiger partial charge in [0, 0.05) is 17.7 Å². The molecule has 1 aliphatic rings. The van der Waals surface area contributed by atoms with Crippen molar-refractivity contribution < 1.29 is 14.4 Å². The Balaban J connectivity index is 1.56. The summed E-state index contributed by atoms with van der Waals surface area (Å²) in [5, 5.41) is 9.38. The summed E-state index contributed by atoms with van der Waals surface area (Å²) in [4.78, 5) is 35.7. The van der Waals surface area contributed by atoms with Crippen LogP contribution >= 0.6 is 11.8 Å². The predicted octanol–water partition coefficient (Wildman–Crippen LogP) is 2.83. The number of amides is 2. The van der Waals surface area contributed by atoms with Crippen molar-refractivity contribution in [2.24, 2.45) is 5.10 Å². The van der Waals surface area contributed by atoms with Crippen LogP contribution in [0.1, 0.15) is 23.7 Å². The lowest BCUT2D eigenvalue weighted by molar-refractivity contribution is -0.122. The highest BCUT2D eigenvalue weighted by Gasteiger charge is 2.32. The number of benzene rings is 2. The maximum absolute atomic E-state index is 12.2. The zero-order valence-electron chi connectivity index (χ0n) is 14.6. The van der Waals surface area contributed by atoms with E-state index in [1.165, 1.54) is 18.7 Å². The fourth-order valence-electron chi connectivity index (χ4n) is 2.42. The van der Waals surface area contributed by atoms with Crippen LogP contribution in [0.3, 0.4) is 0 Å². The zero-order chi connectivity index (χ0) is 19.2. The molecule has 3 rings (SSSR count). The van der Waals surface area contributed by atoms with Crippen molar-refractivity contribution in [3.8, 4) is 0 Å². The van der Waals surface area contributed by atoms with Crippen LogP contribution in [0.5, 0.6) is 0 Å². The van der Waals surface area contributed by atoms with Gasteiger partial charge in [0.25, 0.3) is 0 Å². The van der Waals surface area contributed by atoms with E-state index in [0.29, 0.717) is 16.4 Å². The number of para-hydroxylation sites is 1. The number of hydrogen-bond donors (Lipinski definition) is 3. The Morgan fingerprint density at radius 3 is 2.59 bits per heavy atom. The topological polar surface area (TPSA) is 99.7 Å². The Hall–Kier alpha value is -3.13. The molecular weight excluding hydrogens is 364 g/mol. The zero-order valence-corrected chi connectivity index (χ0v) is 15.4. The van der Waals surface area contributed by atoms with Gasteiger partial charge in [0.15, 0.2) is 11.0 Å². The van der Waals surface area contributed by atoms with Gasteiger partial charge >= 0.3 is 0 Å². The van der Waals surface area contributed by atoms with Gasteiger partial charge < -0.3 is 10.6 Å². The molecule has 7 nitrogen and oxygen atoms in total. The van der Waals surface area contributed by atoms with Crippen molar-refractivity contribution in [2.75, 3.05) is 10.7 Å². The Kier molecular flexibility index (Phi) is 5.87. The van der Waals surface area contributed by atoms with Crippen molar-refractivity contribution in [3.05, 3.63) is 60.2 Å². The number of nitrogens with one attached hydrogen (secondary N) is 3. The van der Waals surface area contributed by atoms with Crippen LogP contribution in [-0.4, -0.2) is 28.0 Å². The van der Waals surface area contributed by atoms with Gasteiger partial charge in [-0.25, -0.2) is 0 Å². The van der Waals surface area contributed by atoms with E-state index in [1.807, 2.05) is 30.3 Å². The molecule has 1 fully saturated rings. The number of ketones is 1. The molecule has 0 saturated carbocycles. The van der Waals surface area contributed by atoms with E-state index in [1.54, 1.807) is 24.3 Å². The smallest absolute Gasteiger partial charge is 0.240 e. The summed E-state index contributed by atoms with van der Waals surface area (Å²) in [5.41, 5.74) is 4.69. The highest BCUT2D eigenvalue weighted by molar-refractivity contribution is 8.15. The molecular formula is C19H18N4O3S. The van der Waals surface area contributed by atoms with E-state index < -0.39 is 5.25 Å². The maximum Gasteiger partial charge on any atom is 0.240 e. The normalized spacial score (nSPS) is 17.4. The molecule has 2 amide bonds. The molecule has 1 heterocycles. The first-order valence-electron chi connectivity index (χ1n) is 8.28. The molecule has 2 aromatic rings. The molecule has 138 valence electrons. The van der Waals surface area contributed by atoms with E-state index in [4.69, 9.17) is 0 Å². The lowest BCUT2D eigenvalue weighted by Crippen LogP contribution is -2.28. The Morgan fingerprint density at radius 1 is 1.11 bits per heavy atom. The molecule has 0 spiro atoms. The second kappa shape index (κ2) is 8.50. The molecule has 0 unspecified atom stereocenters. The first-order chi connectivity index (χ1) is 13.0. The second-order valence-corrected chi connectivity index (χ2v) is 7.07. The average Bonchev–Trinajstić information content (AvgIpc) is 3.00. The van der Waals surface area contributed by atoms with Gasteiger partial charge in [0.1, 0.15) is 5.25 Å². The highest BCUT2D eigenvalue weighted by atomic mass is 32.2. The minimum absolute atomic E-state index is 0.00512. The fraction of sp³-hybridized carbons (Fsp3) is 0.158. The van der Waals surface area contributed by atoms with Gasteiger partial charge in [0.2, 0.25) is 11.8 Å². The number of hydrazone groups is 1. The van der Waals surface area contributed by atoms with E-state index in [0.717, 1.165) is 5.69 Å². The van der Waals surface area contributed by atoms with Crippen LogP contribution in [0, 0.1) is 0 Å². The Bertz CT molecular complexity index is 899. The van der Waals surface area contributed by atoms with Crippen LogP contribution in [0.25, 0.3) is 0 Å². The first-order valence-corrected chi connectivity index (χ1v) is 9.16. The van der Waals surface area contributed by atoms with Crippen molar-refractivity contribution in [3.63, 3.8) is 0 Å². The van der Waals surface area contributed by atoms with Crippen LogP contribution in [0.4, 0.5) is 11.4 Å². The number of amidine groups is 1. The summed E-state index contributed by atoms with van der Waals surface area (Å²) in [5.74, 6) is -0.648. The molecule has 27 heavy (non-hydrogen) atoms. The average molecular weight is 382 g/mol. The largest absolute Gasteiger partial charge is 0.326 e. The molecule has 0 aromatic heterocycles. The Labute approximate surface area is 160 Å². The minimum Gasteiger partial charge on any atom is -0.326 e. The number of carbonyl (C=O) groups excluding carboxylic acids is 3. The summed E-state index contributed by atoms with van der Waals surface area (Å²) in [6.07, 6.45) is 0.00512. The lowest BCUT2D eigenvalue weighted by atomic mass is 10.1. The molecule has 0 radical (unpaired) electrons. The number of nitrogens with zero attached hydrogens (tertiary/aromatic N) is 1. The molecule has 0 bridgehead atoms. The third kappa shape index (κ3) is 5.18. The summed E-state index contributed by atoms with van der Waals surface area (Å²) in [7, 11) is 0. The minimum atomic E-state index is -0.558. The number of Topliss-reactive ketones (excluding diaryl/α,β-unsaturated/α-hetero) is 1. The monoisotopic (exact) mass is 382 g/mol. The van der Waals surface area contributed by atoms with Gasteiger partial charge in [-0.2, -0.15) is 0 Å². The molecule has 3 N–H and O–H groups in total. The van der Waals surface area contributed by atoms with Crippen LogP contribution in [0.2, 0.25) is 0 Å². The van der Waals surface area contributed by atoms with Crippen LogP contribution < -0.4 is 16.1 Å². The summed E-state index contributed by atoms with van der Waals surface area (Å²) in [6, 6.07) is 16.0. The lowest BCUT2D eigenvalue weighted by Gasteiger charge is -2.08. The van der Waals surface area contributed by atoms with E-state index in [2.05, 4.69) is 21.2 Å². The maximum atomic E-state index is 12.2. The molecule has 2 aromatic carbocycles. The van der Waals surface area contributed by atoms with Crippen LogP contribution in [-0.2, 0) is 9.59 Å². The standard InChI is InChI=1S/C19H18N4O3S/c1-12(24)13-6-5-9-15(10-13)20-17(25)11-16-18(26)21-19(27-16)23-22-14-7-3-2-4-8-14/h2-10,16,22H,11H2,1H3,(H,20,25)(H,21,23,26)/t16-/m1/s1. The van der Waals surface area contributed by atoms with Gasteiger partial charge in [0.05, 0.1) is 5.69 Å². The predicted molar refractivity (Wildman–Crippen MR) is 107 cm³/mol. The third-order valence-electron chi connectivity index (χ3n) is 3.76. The molecule has 1 aliphatic heterocycles. The molecule has 1 atom stereocenters. The van der Waals surface area contributed by atoms with E-state index >= 15 is 0 Å². The van der Waals surface area contributed by atoms with Gasteiger partial charge in [-0.1, -0.05) is 42.1 Å². The summed E-state index contributed by atoms with van der Waals surface area (Å²) in [6.45, 7) is 1.46. The van der Waals surface area contributed by atoms with Crippen molar-refractivity contribution in [1.82, 2.24) is 5.32 Å². The number of rotatable bonds is 6. The number of anilines is 2. The van der Waals surface area contributed by atoms with Crippen molar-refractivity contribution in [1.29, 1.82) is 0 Å². The van der Waals surface area contributed by atoms with Gasteiger partial charge in [-0.15, -0.1) is 5.10 Å². The Morgan fingerprint density at radius 2 is 1.85 bits per heavy atom. The van der Waals surface area contributed by atoms with Crippen molar-refractivity contribution >= 4 is 45.9 Å². The number of carbonyl (C=O) groups is 3. The van der Waals surface area contributed by atoms with E-state index in [-0.39, 0.29) is 24.0 Å². The summed E-state index contributed by atoms with van der Waals surface area (Å²) >= 11 is 1.20. The number of thioether (sulfide) groups is 1. The molecule has 1 saturated heterocycles. The van der Waals surface area contributed by atoms with Gasteiger partial charge in [-0.05, 0) is 31.2 Å². The second-order valence-electron chi connectivity index (χ2n) is 5.88. The SMILES string of the molecule is CC(=O)c1cccc(NC(=O)C[C@H]2S/C(=N/Nc3ccccc3)NC2=O)c1.